The highest BCUT2D eigenvalue weighted by atomic mass is 35.5. The van der Waals surface area contributed by atoms with Gasteiger partial charge < -0.3 is 9.67 Å². The number of thioether (sulfide) groups is 1. The van der Waals surface area contributed by atoms with Crippen LogP contribution < -0.4 is 0 Å². The van der Waals surface area contributed by atoms with E-state index in [0.717, 1.165) is 10.6 Å². The zero-order valence-electron chi connectivity index (χ0n) is 9.05. The molecule has 0 atom stereocenters. The molecular weight excluding hydrogens is 258 g/mol. The van der Waals surface area contributed by atoms with Gasteiger partial charge in [0, 0.05) is 16.8 Å². The van der Waals surface area contributed by atoms with Crippen LogP contribution in [0.15, 0.2) is 41.4 Å². The van der Waals surface area contributed by atoms with E-state index in [4.69, 9.17) is 16.7 Å². The highest BCUT2D eigenvalue weighted by molar-refractivity contribution is 7.98. The van der Waals surface area contributed by atoms with Crippen LogP contribution in [0.2, 0.25) is 5.02 Å². The van der Waals surface area contributed by atoms with E-state index in [1.165, 1.54) is 6.07 Å². The van der Waals surface area contributed by atoms with E-state index in [2.05, 4.69) is 0 Å². The Bertz CT molecular complexity index is 565. The molecule has 1 heterocycles. The number of benzene rings is 1. The molecule has 2 rings (SSSR count). The van der Waals surface area contributed by atoms with E-state index >= 15 is 0 Å². The molecule has 17 heavy (non-hydrogen) atoms. The normalized spacial score (nSPS) is 10.5. The number of hydrogen-bond acceptors (Lipinski definition) is 2. The monoisotopic (exact) mass is 267 g/mol. The van der Waals surface area contributed by atoms with Gasteiger partial charge in [0.15, 0.2) is 0 Å². The second-order valence-electron chi connectivity index (χ2n) is 3.42. The van der Waals surface area contributed by atoms with E-state index in [0.29, 0.717) is 5.02 Å². The SMILES string of the molecule is CSc1cccc(-n2cc(Cl)cc2C(=O)O)c1. The summed E-state index contributed by atoms with van der Waals surface area (Å²) in [5.74, 6) is -0.994. The third-order valence-electron chi connectivity index (χ3n) is 2.34. The molecule has 0 aliphatic carbocycles. The minimum Gasteiger partial charge on any atom is -0.477 e. The third kappa shape index (κ3) is 2.48. The van der Waals surface area contributed by atoms with Gasteiger partial charge in [-0.15, -0.1) is 11.8 Å². The van der Waals surface area contributed by atoms with Crippen molar-refractivity contribution in [2.45, 2.75) is 4.90 Å². The Morgan fingerprint density at radius 3 is 2.82 bits per heavy atom. The van der Waals surface area contributed by atoms with Crippen LogP contribution in [0.25, 0.3) is 5.69 Å². The molecule has 1 aromatic heterocycles. The molecule has 88 valence electrons. The Kier molecular flexibility index (Phi) is 3.45. The Morgan fingerprint density at radius 2 is 2.18 bits per heavy atom. The summed E-state index contributed by atoms with van der Waals surface area (Å²) in [6, 6.07) is 9.08. The zero-order chi connectivity index (χ0) is 12.4. The summed E-state index contributed by atoms with van der Waals surface area (Å²) in [4.78, 5) is 12.2. The Labute approximate surface area is 108 Å². The lowest BCUT2D eigenvalue weighted by molar-refractivity contribution is 0.0688. The summed E-state index contributed by atoms with van der Waals surface area (Å²) in [5, 5.41) is 9.50. The quantitative estimate of drug-likeness (QED) is 0.865. The fraction of sp³-hybridized carbons (Fsp3) is 0.0833. The maximum Gasteiger partial charge on any atom is 0.352 e. The molecule has 1 N–H and O–H groups in total. The van der Waals surface area contributed by atoms with Crippen molar-refractivity contribution in [1.82, 2.24) is 4.57 Å². The summed E-state index contributed by atoms with van der Waals surface area (Å²) >= 11 is 7.45. The molecule has 5 heteroatoms. The fourth-order valence-electron chi connectivity index (χ4n) is 1.57. The van der Waals surface area contributed by atoms with Crippen molar-refractivity contribution in [1.29, 1.82) is 0 Å². The van der Waals surface area contributed by atoms with Gasteiger partial charge in [0.1, 0.15) is 5.69 Å². The largest absolute Gasteiger partial charge is 0.477 e. The van der Waals surface area contributed by atoms with Gasteiger partial charge in [0.05, 0.1) is 5.02 Å². The molecule has 0 bridgehead atoms. The second-order valence-corrected chi connectivity index (χ2v) is 4.74. The van der Waals surface area contributed by atoms with E-state index in [1.807, 2.05) is 30.5 Å². The highest BCUT2D eigenvalue weighted by Crippen LogP contribution is 2.23. The number of hydrogen-bond donors (Lipinski definition) is 1. The zero-order valence-corrected chi connectivity index (χ0v) is 10.6. The molecule has 2 aromatic rings. The van der Waals surface area contributed by atoms with Gasteiger partial charge in [-0.3, -0.25) is 0 Å². The molecule has 0 saturated heterocycles. The van der Waals surface area contributed by atoms with Crippen molar-refractivity contribution in [2.24, 2.45) is 0 Å². The molecule has 0 aliphatic heterocycles. The summed E-state index contributed by atoms with van der Waals surface area (Å²) < 4.78 is 1.57. The van der Waals surface area contributed by atoms with Crippen LogP contribution in [0.1, 0.15) is 10.5 Å². The summed E-state index contributed by atoms with van der Waals surface area (Å²) in [5.41, 5.74) is 0.953. The molecule has 0 saturated carbocycles. The van der Waals surface area contributed by atoms with Crippen molar-refractivity contribution >= 4 is 29.3 Å². The van der Waals surface area contributed by atoms with Gasteiger partial charge in [-0.2, -0.15) is 0 Å². The van der Waals surface area contributed by atoms with Crippen molar-refractivity contribution in [3.63, 3.8) is 0 Å². The van der Waals surface area contributed by atoms with Crippen LogP contribution in [0, 0.1) is 0 Å². The average Bonchev–Trinajstić information content (AvgIpc) is 2.72. The number of halogens is 1. The first-order chi connectivity index (χ1) is 8.11. The minimum atomic E-state index is -0.994. The van der Waals surface area contributed by atoms with Crippen molar-refractivity contribution in [2.75, 3.05) is 6.26 Å². The second kappa shape index (κ2) is 4.85. The van der Waals surface area contributed by atoms with Gasteiger partial charge in [-0.1, -0.05) is 17.7 Å². The number of nitrogens with zero attached hydrogens (tertiary/aromatic N) is 1. The van der Waals surface area contributed by atoms with Gasteiger partial charge in [0.2, 0.25) is 0 Å². The topological polar surface area (TPSA) is 42.2 Å². The number of carbonyl (C=O) groups is 1. The minimum absolute atomic E-state index is 0.160. The van der Waals surface area contributed by atoms with Gasteiger partial charge in [-0.05, 0) is 30.5 Å². The average molecular weight is 268 g/mol. The van der Waals surface area contributed by atoms with Gasteiger partial charge in [0.25, 0.3) is 0 Å². The predicted octanol–water partition coefficient (Wildman–Crippen LogP) is 3.55. The lowest BCUT2D eigenvalue weighted by atomic mass is 10.3. The standard InChI is InChI=1S/C12H10ClNO2S/c1-17-10-4-2-3-9(6-10)14-7-8(13)5-11(14)12(15)16/h2-7H,1H3,(H,15,16). The molecule has 0 aliphatic rings. The first-order valence-electron chi connectivity index (χ1n) is 4.87. The highest BCUT2D eigenvalue weighted by Gasteiger charge is 2.13. The van der Waals surface area contributed by atoms with Gasteiger partial charge >= 0.3 is 5.97 Å². The molecule has 0 spiro atoms. The van der Waals surface area contributed by atoms with Crippen molar-refractivity contribution in [3.05, 3.63) is 47.2 Å². The third-order valence-corrected chi connectivity index (χ3v) is 3.27. The van der Waals surface area contributed by atoms with Crippen LogP contribution in [0.5, 0.6) is 0 Å². The number of carboxylic acid groups (broad SMARTS) is 1. The smallest absolute Gasteiger partial charge is 0.352 e. The Hall–Kier alpha value is -1.39. The molecule has 0 fully saturated rings. The molecule has 0 unspecified atom stereocenters. The van der Waals surface area contributed by atoms with Crippen LogP contribution in [-0.4, -0.2) is 21.9 Å². The number of aromatic nitrogens is 1. The number of rotatable bonds is 3. The van der Waals surface area contributed by atoms with E-state index < -0.39 is 5.97 Å². The number of aromatic carboxylic acids is 1. The molecule has 0 radical (unpaired) electrons. The van der Waals surface area contributed by atoms with Crippen LogP contribution in [0.3, 0.4) is 0 Å². The van der Waals surface area contributed by atoms with Crippen LogP contribution in [-0.2, 0) is 0 Å². The maximum atomic E-state index is 11.1. The molecular formula is C12H10ClNO2S. The lowest BCUT2D eigenvalue weighted by Crippen LogP contribution is -2.05. The lowest BCUT2D eigenvalue weighted by Gasteiger charge is -2.07. The summed E-state index contributed by atoms with van der Waals surface area (Å²) in [6.07, 6.45) is 3.57. The summed E-state index contributed by atoms with van der Waals surface area (Å²) in [7, 11) is 0. The molecule has 1 aromatic carbocycles. The van der Waals surface area contributed by atoms with E-state index in [1.54, 1.807) is 22.5 Å². The number of carboxylic acids is 1. The van der Waals surface area contributed by atoms with Crippen LogP contribution >= 0.6 is 23.4 Å². The Morgan fingerprint density at radius 1 is 1.41 bits per heavy atom. The molecule has 3 nitrogen and oxygen atoms in total. The molecule has 0 amide bonds. The summed E-state index contributed by atoms with van der Waals surface area (Å²) in [6.45, 7) is 0. The fourth-order valence-corrected chi connectivity index (χ4v) is 2.22. The predicted molar refractivity (Wildman–Crippen MR) is 69.5 cm³/mol. The van der Waals surface area contributed by atoms with Crippen LogP contribution in [0.4, 0.5) is 0 Å². The van der Waals surface area contributed by atoms with E-state index in [9.17, 15) is 4.79 Å². The van der Waals surface area contributed by atoms with Gasteiger partial charge in [-0.25, -0.2) is 4.79 Å². The first kappa shape index (κ1) is 12.1. The first-order valence-corrected chi connectivity index (χ1v) is 6.47. The van der Waals surface area contributed by atoms with E-state index in [-0.39, 0.29) is 5.69 Å². The maximum absolute atomic E-state index is 11.1. The van der Waals surface area contributed by atoms with Crippen molar-refractivity contribution in [3.8, 4) is 5.69 Å². The Balaban J connectivity index is 2.55. The van der Waals surface area contributed by atoms with Crippen molar-refractivity contribution < 1.29 is 9.90 Å².